The smallest absolute Gasteiger partial charge is 0.445 e. The molecule has 0 aliphatic rings. The highest BCUT2D eigenvalue weighted by Crippen LogP contribution is 2.32. The van der Waals surface area contributed by atoms with E-state index in [4.69, 9.17) is 5.11 Å². The van der Waals surface area contributed by atoms with E-state index in [1.807, 2.05) is 30.3 Å². The highest BCUT2D eigenvalue weighted by atomic mass is 32.1. The van der Waals surface area contributed by atoms with Gasteiger partial charge in [-0.3, -0.25) is 10.1 Å². The van der Waals surface area contributed by atoms with Crippen molar-refractivity contribution in [3.05, 3.63) is 40.9 Å². The van der Waals surface area contributed by atoms with Crippen molar-refractivity contribution in [1.82, 2.24) is 15.5 Å². The minimum absolute atomic E-state index is 0.158. The van der Waals surface area contributed by atoms with Gasteiger partial charge in [-0.2, -0.15) is 13.2 Å². The van der Waals surface area contributed by atoms with Crippen LogP contribution in [-0.4, -0.2) is 33.3 Å². The molecule has 1 heterocycles. The maximum Gasteiger partial charge on any atom is 0.445 e. The second kappa shape index (κ2) is 8.61. The van der Waals surface area contributed by atoms with Crippen LogP contribution in [0.15, 0.2) is 30.3 Å². The summed E-state index contributed by atoms with van der Waals surface area (Å²) in [6, 6.07) is 7.81. The summed E-state index contributed by atoms with van der Waals surface area (Å²) in [5.74, 6) is -1.01. The van der Waals surface area contributed by atoms with Gasteiger partial charge in [-0.05, 0) is 18.4 Å². The van der Waals surface area contributed by atoms with E-state index < -0.39 is 29.2 Å². The van der Waals surface area contributed by atoms with Gasteiger partial charge in [0.1, 0.15) is 0 Å². The van der Waals surface area contributed by atoms with Gasteiger partial charge in [0.2, 0.25) is 10.1 Å². The highest BCUT2D eigenvalue weighted by Gasteiger charge is 2.35. The maximum atomic E-state index is 12.5. The van der Waals surface area contributed by atoms with Gasteiger partial charge in [0, 0.05) is 12.5 Å². The Bertz CT molecular complexity index is 752. The van der Waals surface area contributed by atoms with E-state index in [0.717, 1.165) is 5.56 Å². The summed E-state index contributed by atoms with van der Waals surface area (Å²) in [5, 5.41) is 18.3. The summed E-state index contributed by atoms with van der Waals surface area (Å²) >= 11 is 0.204. The average Bonchev–Trinajstić information content (AvgIpc) is 3.02. The molecular formula is C15H15F3N4O3S. The third kappa shape index (κ3) is 6.31. The van der Waals surface area contributed by atoms with Crippen molar-refractivity contribution in [2.45, 2.75) is 31.5 Å². The molecular weight excluding hydrogens is 373 g/mol. The first-order valence-electron chi connectivity index (χ1n) is 7.48. The number of carboxylic acids is 1. The molecule has 0 bridgehead atoms. The summed E-state index contributed by atoms with van der Waals surface area (Å²) in [6.07, 6.45) is -4.24. The third-order valence-corrected chi connectivity index (χ3v) is 4.14. The number of nitrogens with zero attached hydrogens (tertiary/aromatic N) is 2. The Morgan fingerprint density at radius 3 is 2.46 bits per heavy atom. The van der Waals surface area contributed by atoms with Crippen LogP contribution in [0.4, 0.5) is 23.1 Å². The Morgan fingerprint density at radius 1 is 1.19 bits per heavy atom. The second-order valence-corrected chi connectivity index (χ2v) is 6.31. The van der Waals surface area contributed by atoms with Crippen molar-refractivity contribution in [3.63, 3.8) is 0 Å². The Kier molecular flexibility index (Phi) is 6.50. The number of halogens is 3. The van der Waals surface area contributed by atoms with Crippen LogP contribution in [0, 0.1) is 0 Å². The standard InChI is InChI=1S/C15H15F3N4O3S/c16-15(17,18)12-21-22-14(26-12)20-13(25)19-10(6-7-11(23)24)8-9-4-2-1-3-5-9/h1-5,10H,6-8H2,(H,23,24)(H2,19,20,22,25). The molecule has 0 fully saturated rings. The van der Waals surface area contributed by atoms with E-state index in [9.17, 15) is 22.8 Å². The normalized spacial score (nSPS) is 12.4. The number of rotatable bonds is 7. The number of hydrogen-bond donors (Lipinski definition) is 3. The number of urea groups is 1. The lowest BCUT2D eigenvalue weighted by atomic mass is 10.0. The van der Waals surface area contributed by atoms with Crippen molar-refractivity contribution in [3.8, 4) is 0 Å². The second-order valence-electron chi connectivity index (χ2n) is 5.33. The van der Waals surface area contributed by atoms with Crippen LogP contribution < -0.4 is 10.6 Å². The Hall–Kier alpha value is -2.69. The predicted molar refractivity (Wildman–Crippen MR) is 87.9 cm³/mol. The maximum absolute atomic E-state index is 12.5. The fourth-order valence-corrected chi connectivity index (χ4v) is 2.73. The van der Waals surface area contributed by atoms with Gasteiger partial charge in [0.15, 0.2) is 0 Å². The molecule has 3 N–H and O–H groups in total. The lowest BCUT2D eigenvalue weighted by Crippen LogP contribution is -2.39. The molecule has 1 unspecified atom stereocenters. The van der Waals surface area contributed by atoms with Gasteiger partial charge in [0.05, 0.1) is 0 Å². The molecule has 7 nitrogen and oxygen atoms in total. The van der Waals surface area contributed by atoms with Gasteiger partial charge in [-0.25, -0.2) is 4.79 Å². The van der Waals surface area contributed by atoms with Crippen LogP contribution in [0.1, 0.15) is 23.4 Å². The van der Waals surface area contributed by atoms with Gasteiger partial charge in [0.25, 0.3) is 0 Å². The first kappa shape index (κ1) is 19.6. The summed E-state index contributed by atoms with van der Waals surface area (Å²) in [5.41, 5.74) is 0.887. The molecule has 0 saturated carbocycles. The molecule has 2 rings (SSSR count). The summed E-state index contributed by atoms with van der Waals surface area (Å²) < 4.78 is 37.5. The monoisotopic (exact) mass is 388 g/mol. The number of carbonyl (C=O) groups excluding carboxylic acids is 1. The molecule has 1 aromatic carbocycles. The van der Waals surface area contributed by atoms with E-state index >= 15 is 0 Å². The number of amides is 2. The van der Waals surface area contributed by atoms with E-state index in [0.29, 0.717) is 6.42 Å². The van der Waals surface area contributed by atoms with Crippen LogP contribution in [0.5, 0.6) is 0 Å². The van der Waals surface area contributed by atoms with E-state index in [1.54, 1.807) is 0 Å². The molecule has 11 heteroatoms. The van der Waals surface area contributed by atoms with Crippen LogP contribution in [0.3, 0.4) is 0 Å². The molecule has 0 saturated heterocycles. The fourth-order valence-electron chi connectivity index (χ4n) is 2.13. The van der Waals surface area contributed by atoms with Gasteiger partial charge in [-0.15, -0.1) is 10.2 Å². The van der Waals surface area contributed by atoms with E-state index in [-0.39, 0.29) is 29.3 Å². The SMILES string of the molecule is O=C(O)CCC(Cc1ccccc1)NC(=O)Nc1nnc(C(F)(F)F)s1. The molecule has 140 valence electrons. The minimum Gasteiger partial charge on any atom is -0.481 e. The zero-order valence-electron chi connectivity index (χ0n) is 13.3. The lowest BCUT2D eigenvalue weighted by molar-refractivity contribution is -0.138. The Balaban J connectivity index is 1.98. The molecule has 0 radical (unpaired) electrons. The third-order valence-electron chi connectivity index (χ3n) is 3.25. The number of alkyl halides is 3. The summed E-state index contributed by atoms with van der Waals surface area (Å²) in [4.78, 5) is 22.8. The topological polar surface area (TPSA) is 104 Å². The van der Waals surface area contributed by atoms with Crippen molar-refractivity contribution in [2.24, 2.45) is 0 Å². The van der Waals surface area contributed by atoms with Gasteiger partial charge in [-0.1, -0.05) is 41.7 Å². The van der Waals surface area contributed by atoms with Crippen molar-refractivity contribution < 1.29 is 27.9 Å². The average molecular weight is 388 g/mol. The number of aliphatic carboxylic acids is 1. The van der Waals surface area contributed by atoms with E-state index in [1.165, 1.54) is 0 Å². The molecule has 1 atom stereocenters. The lowest BCUT2D eigenvalue weighted by Gasteiger charge is -2.18. The fraction of sp³-hybridized carbons (Fsp3) is 0.333. The zero-order valence-corrected chi connectivity index (χ0v) is 14.1. The Morgan fingerprint density at radius 2 is 1.88 bits per heavy atom. The molecule has 2 aromatic rings. The molecule has 0 aliphatic carbocycles. The summed E-state index contributed by atoms with van der Waals surface area (Å²) in [6.45, 7) is 0. The molecule has 1 aromatic heterocycles. The molecule has 0 aliphatic heterocycles. The first-order valence-corrected chi connectivity index (χ1v) is 8.29. The van der Waals surface area contributed by atoms with Gasteiger partial charge < -0.3 is 10.4 Å². The zero-order chi connectivity index (χ0) is 19.2. The van der Waals surface area contributed by atoms with Gasteiger partial charge >= 0.3 is 18.2 Å². The van der Waals surface area contributed by atoms with Crippen molar-refractivity contribution in [1.29, 1.82) is 0 Å². The predicted octanol–water partition coefficient (Wildman–Crippen LogP) is 3.15. The highest BCUT2D eigenvalue weighted by molar-refractivity contribution is 7.15. The number of nitrogens with one attached hydrogen (secondary N) is 2. The Labute approximate surface area is 150 Å². The largest absolute Gasteiger partial charge is 0.481 e. The van der Waals surface area contributed by atoms with Crippen LogP contribution >= 0.6 is 11.3 Å². The number of benzene rings is 1. The van der Waals surface area contributed by atoms with Crippen molar-refractivity contribution in [2.75, 3.05) is 5.32 Å². The van der Waals surface area contributed by atoms with Crippen LogP contribution in [-0.2, 0) is 17.4 Å². The van der Waals surface area contributed by atoms with Crippen LogP contribution in [0.2, 0.25) is 0 Å². The number of aromatic nitrogens is 2. The minimum atomic E-state index is -4.63. The summed E-state index contributed by atoms with van der Waals surface area (Å²) in [7, 11) is 0. The number of carbonyl (C=O) groups is 2. The number of anilines is 1. The van der Waals surface area contributed by atoms with Crippen molar-refractivity contribution >= 4 is 28.5 Å². The molecule has 2 amide bonds. The molecule has 0 spiro atoms. The quantitative estimate of drug-likeness (QED) is 0.676. The molecule has 26 heavy (non-hydrogen) atoms. The number of carboxylic acid groups (broad SMARTS) is 1. The van der Waals surface area contributed by atoms with Crippen LogP contribution in [0.25, 0.3) is 0 Å². The first-order chi connectivity index (χ1) is 12.2. The van der Waals surface area contributed by atoms with E-state index in [2.05, 4.69) is 20.8 Å². The number of hydrogen-bond acceptors (Lipinski definition) is 5.